The van der Waals surface area contributed by atoms with Gasteiger partial charge in [-0.2, -0.15) is 0 Å². The Morgan fingerprint density at radius 3 is 2.86 bits per heavy atom. The van der Waals surface area contributed by atoms with Gasteiger partial charge in [0.2, 0.25) is 5.91 Å². The summed E-state index contributed by atoms with van der Waals surface area (Å²) in [7, 11) is 0. The average Bonchev–Trinajstić information content (AvgIpc) is 2.53. The number of unbranched alkanes of at least 4 members (excludes halogenated alkanes) is 1. The number of amides is 2. The van der Waals surface area contributed by atoms with Crippen molar-refractivity contribution >= 4 is 17.5 Å². The molecule has 2 rings (SSSR count). The summed E-state index contributed by atoms with van der Waals surface area (Å²) in [5.74, 6) is 0.739. The van der Waals surface area contributed by atoms with Crippen LogP contribution in [0.15, 0.2) is 18.2 Å². The topological polar surface area (TPSA) is 58.6 Å². The van der Waals surface area contributed by atoms with E-state index in [1.807, 2.05) is 24.0 Å². The molecule has 0 bridgehead atoms. The second kappa shape index (κ2) is 7.82. The summed E-state index contributed by atoms with van der Waals surface area (Å²) in [4.78, 5) is 25.3. The first-order valence-electron chi connectivity index (χ1n) is 7.97. The zero-order valence-corrected chi connectivity index (χ0v) is 13.4. The summed E-state index contributed by atoms with van der Waals surface area (Å²) in [5, 5.41) is 2.83. The fourth-order valence-corrected chi connectivity index (χ4v) is 2.49. The van der Waals surface area contributed by atoms with Crippen molar-refractivity contribution in [3.8, 4) is 5.75 Å². The molecule has 0 aromatic heterocycles. The minimum Gasteiger partial charge on any atom is -0.484 e. The Kier molecular flexibility index (Phi) is 5.81. The first-order valence-corrected chi connectivity index (χ1v) is 7.97. The Bertz CT molecular complexity index is 543. The van der Waals surface area contributed by atoms with Crippen molar-refractivity contribution in [1.82, 2.24) is 4.90 Å². The highest BCUT2D eigenvalue weighted by Gasteiger charge is 2.16. The van der Waals surface area contributed by atoms with Crippen LogP contribution < -0.4 is 10.1 Å². The standard InChI is InChI=1S/C17H24N2O3/c1-3-5-10-19(4-2)17(21)12-22-14-7-8-15-13(11-14)6-9-16(20)18-15/h7-8,11H,3-6,9-10,12H2,1-2H3,(H,18,20). The number of carbonyl (C=O) groups is 2. The summed E-state index contributed by atoms with van der Waals surface area (Å²) in [6, 6.07) is 5.53. The molecule has 1 aromatic rings. The number of nitrogens with one attached hydrogen (secondary N) is 1. The molecule has 0 saturated heterocycles. The van der Waals surface area contributed by atoms with Gasteiger partial charge < -0.3 is 15.0 Å². The van der Waals surface area contributed by atoms with Crippen molar-refractivity contribution < 1.29 is 14.3 Å². The van der Waals surface area contributed by atoms with Gasteiger partial charge in [-0.25, -0.2) is 0 Å². The Morgan fingerprint density at radius 1 is 1.32 bits per heavy atom. The SMILES string of the molecule is CCCCN(CC)C(=O)COc1ccc2c(c1)CCC(=O)N2. The van der Waals surface area contributed by atoms with Gasteiger partial charge in [0.25, 0.3) is 5.91 Å². The molecule has 0 radical (unpaired) electrons. The van der Waals surface area contributed by atoms with Crippen LogP contribution in [0.1, 0.15) is 38.7 Å². The molecular weight excluding hydrogens is 280 g/mol. The molecule has 5 heteroatoms. The fraction of sp³-hybridized carbons (Fsp3) is 0.529. The van der Waals surface area contributed by atoms with E-state index in [-0.39, 0.29) is 18.4 Å². The third kappa shape index (κ3) is 4.23. The maximum atomic E-state index is 12.1. The zero-order chi connectivity index (χ0) is 15.9. The van der Waals surface area contributed by atoms with E-state index in [1.54, 1.807) is 6.07 Å². The van der Waals surface area contributed by atoms with Crippen LogP contribution in [0.5, 0.6) is 5.75 Å². The highest BCUT2D eigenvalue weighted by atomic mass is 16.5. The third-order valence-corrected chi connectivity index (χ3v) is 3.85. The van der Waals surface area contributed by atoms with E-state index in [1.165, 1.54) is 0 Å². The lowest BCUT2D eigenvalue weighted by molar-refractivity contribution is -0.133. The lowest BCUT2D eigenvalue weighted by atomic mass is 10.0. The molecule has 2 amide bonds. The van der Waals surface area contributed by atoms with Crippen molar-refractivity contribution in [2.24, 2.45) is 0 Å². The molecular formula is C17H24N2O3. The maximum Gasteiger partial charge on any atom is 0.260 e. The number of carbonyl (C=O) groups excluding carboxylic acids is 2. The molecule has 120 valence electrons. The molecule has 22 heavy (non-hydrogen) atoms. The number of rotatable bonds is 7. The van der Waals surface area contributed by atoms with Gasteiger partial charge >= 0.3 is 0 Å². The normalized spacial score (nSPS) is 13.3. The highest BCUT2D eigenvalue weighted by Crippen LogP contribution is 2.26. The van der Waals surface area contributed by atoms with Gasteiger partial charge in [-0.05, 0) is 43.5 Å². The molecule has 0 atom stereocenters. The smallest absolute Gasteiger partial charge is 0.260 e. The molecule has 1 heterocycles. The average molecular weight is 304 g/mol. The Hall–Kier alpha value is -2.04. The van der Waals surface area contributed by atoms with E-state index in [9.17, 15) is 9.59 Å². The van der Waals surface area contributed by atoms with Crippen LogP contribution in [-0.2, 0) is 16.0 Å². The number of hydrogen-bond acceptors (Lipinski definition) is 3. The monoisotopic (exact) mass is 304 g/mol. The highest BCUT2D eigenvalue weighted by molar-refractivity contribution is 5.94. The van der Waals surface area contributed by atoms with Crippen LogP contribution in [0.25, 0.3) is 0 Å². The quantitative estimate of drug-likeness (QED) is 0.842. The molecule has 0 spiro atoms. The van der Waals surface area contributed by atoms with E-state index in [2.05, 4.69) is 12.2 Å². The Labute approximate surface area is 131 Å². The number of aryl methyl sites for hydroxylation is 1. The van der Waals surface area contributed by atoms with Crippen LogP contribution in [0, 0.1) is 0 Å². The summed E-state index contributed by atoms with van der Waals surface area (Å²) in [5.41, 5.74) is 1.90. The largest absolute Gasteiger partial charge is 0.484 e. The predicted molar refractivity (Wildman–Crippen MR) is 86.0 cm³/mol. The summed E-state index contributed by atoms with van der Waals surface area (Å²) in [6.45, 7) is 5.64. The fourth-order valence-electron chi connectivity index (χ4n) is 2.49. The number of fused-ring (bicyclic) bond motifs is 1. The summed E-state index contributed by atoms with van der Waals surface area (Å²) < 4.78 is 5.62. The van der Waals surface area contributed by atoms with Gasteiger partial charge in [-0.1, -0.05) is 13.3 Å². The first-order chi connectivity index (χ1) is 10.6. The summed E-state index contributed by atoms with van der Waals surface area (Å²) in [6.07, 6.45) is 3.29. The van der Waals surface area contributed by atoms with Gasteiger partial charge in [-0.3, -0.25) is 9.59 Å². The Balaban J connectivity index is 1.91. The molecule has 0 aliphatic carbocycles. The predicted octanol–water partition coefficient (Wildman–Crippen LogP) is 2.60. The van der Waals surface area contributed by atoms with Crippen molar-refractivity contribution in [2.75, 3.05) is 25.0 Å². The van der Waals surface area contributed by atoms with Gasteiger partial charge in [-0.15, -0.1) is 0 Å². The van der Waals surface area contributed by atoms with E-state index in [0.29, 0.717) is 25.1 Å². The van der Waals surface area contributed by atoms with E-state index < -0.39 is 0 Å². The van der Waals surface area contributed by atoms with Crippen molar-refractivity contribution in [1.29, 1.82) is 0 Å². The third-order valence-electron chi connectivity index (χ3n) is 3.85. The number of anilines is 1. The van der Waals surface area contributed by atoms with E-state index >= 15 is 0 Å². The lowest BCUT2D eigenvalue weighted by Crippen LogP contribution is -2.35. The van der Waals surface area contributed by atoms with Gasteiger partial charge in [0.05, 0.1) is 0 Å². The summed E-state index contributed by atoms with van der Waals surface area (Å²) >= 11 is 0. The lowest BCUT2D eigenvalue weighted by Gasteiger charge is -2.21. The number of hydrogen-bond donors (Lipinski definition) is 1. The van der Waals surface area contributed by atoms with Crippen molar-refractivity contribution in [3.63, 3.8) is 0 Å². The van der Waals surface area contributed by atoms with Crippen LogP contribution in [0.3, 0.4) is 0 Å². The van der Waals surface area contributed by atoms with Crippen molar-refractivity contribution in [3.05, 3.63) is 23.8 Å². The van der Waals surface area contributed by atoms with Crippen LogP contribution >= 0.6 is 0 Å². The minimum absolute atomic E-state index is 0.0157. The van der Waals surface area contributed by atoms with Crippen LogP contribution in [0.2, 0.25) is 0 Å². The zero-order valence-electron chi connectivity index (χ0n) is 13.4. The molecule has 1 aliphatic heterocycles. The van der Waals surface area contributed by atoms with Gasteiger partial charge in [0.15, 0.2) is 6.61 Å². The van der Waals surface area contributed by atoms with Crippen LogP contribution in [-0.4, -0.2) is 36.4 Å². The number of ether oxygens (including phenoxy) is 1. The molecule has 1 aromatic carbocycles. The van der Waals surface area contributed by atoms with Gasteiger partial charge in [0, 0.05) is 25.2 Å². The molecule has 1 aliphatic rings. The molecule has 5 nitrogen and oxygen atoms in total. The minimum atomic E-state index is 0.0157. The first kappa shape index (κ1) is 16.3. The second-order valence-corrected chi connectivity index (χ2v) is 5.48. The molecule has 0 saturated carbocycles. The second-order valence-electron chi connectivity index (χ2n) is 5.48. The molecule has 0 fully saturated rings. The molecule has 0 unspecified atom stereocenters. The van der Waals surface area contributed by atoms with E-state index in [0.717, 1.165) is 30.6 Å². The molecule has 1 N–H and O–H groups in total. The Morgan fingerprint density at radius 2 is 2.14 bits per heavy atom. The number of benzene rings is 1. The number of likely N-dealkylation sites (N-methyl/N-ethyl adjacent to an activating group) is 1. The van der Waals surface area contributed by atoms with Crippen molar-refractivity contribution in [2.45, 2.75) is 39.5 Å². The van der Waals surface area contributed by atoms with Crippen LogP contribution in [0.4, 0.5) is 5.69 Å². The van der Waals surface area contributed by atoms with Gasteiger partial charge in [0.1, 0.15) is 5.75 Å². The number of nitrogens with zero attached hydrogens (tertiary/aromatic N) is 1. The van der Waals surface area contributed by atoms with E-state index in [4.69, 9.17) is 4.74 Å². The maximum absolute atomic E-state index is 12.1.